The smallest absolute Gasteiger partial charge is 0.418 e. The molecule has 47 heavy (non-hydrogen) atoms. The lowest BCUT2D eigenvalue weighted by molar-refractivity contribution is -0.136. The number of hydrogen-bond donors (Lipinski definition) is 2. The minimum atomic E-state index is -4.94. The standard InChI is InChI=1S/C33H43F3N6O5/c1-5-46-32(43)29-30(33(34,35)36)23-20-28(47-18-6-11-41-16-14-40(2)15-17-41)27(45-4)21-25(23)39-31(29)38-24-8-7-22(19-26(24)44-3)42-12-9-37-10-13-42/h7-8,19-21,37H,5-6,9-18H2,1-4H3,(H,38,39). The quantitative estimate of drug-likeness (QED) is 0.210. The van der Waals surface area contributed by atoms with Gasteiger partial charge in [0.2, 0.25) is 0 Å². The van der Waals surface area contributed by atoms with Gasteiger partial charge in [0.05, 0.1) is 44.2 Å². The number of hydrogen-bond acceptors (Lipinski definition) is 11. The molecule has 3 heterocycles. The molecular formula is C33H43F3N6O5. The van der Waals surface area contributed by atoms with Gasteiger partial charge in [-0.25, -0.2) is 9.78 Å². The number of piperazine rings is 2. The Balaban J connectivity index is 1.51. The zero-order chi connectivity index (χ0) is 33.6. The van der Waals surface area contributed by atoms with Crippen molar-refractivity contribution < 1.29 is 36.9 Å². The van der Waals surface area contributed by atoms with E-state index < -0.39 is 23.3 Å². The van der Waals surface area contributed by atoms with Crippen LogP contribution in [0.4, 0.5) is 30.4 Å². The van der Waals surface area contributed by atoms with E-state index in [1.165, 1.54) is 33.3 Å². The maximum atomic E-state index is 15.0. The number of methoxy groups -OCH3 is 2. The number of ether oxygens (including phenoxy) is 4. The molecule has 3 aromatic rings. The van der Waals surface area contributed by atoms with Crippen molar-refractivity contribution in [2.45, 2.75) is 19.5 Å². The van der Waals surface area contributed by atoms with Crippen molar-refractivity contribution in [3.8, 4) is 17.2 Å². The van der Waals surface area contributed by atoms with Gasteiger partial charge in [0.1, 0.15) is 17.1 Å². The first-order valence-electron chi connectivity index (χ1n) is 15.9. The summed E-state index contributed by atoms with van der Waals surface area (Å²) in [6, 6.07) is 7.99. The van der Waals surface area contributed by atoms with E-state index in [9.17, 15) is 18.0 Å². The van der Waals surface area contributed by atoms with Crippen LogP contribution in [0.3, 0.4) is 0 Å². The molecule has 0 amide bonds. The number of benzene rings is 2. The number of carbonyl (C=O) groups excluding carboxylic acids is 1. The highest BCUT2D eigenvalue weighted by atomic mass is 19.4. The number of carbonyl (C=O) groups is 1. The highest BCUT2D eigenvalue weighted by molar-refractivity contribution is 6.04. The summed E-state index contributed by atoms with van der Waals surface area (Å²) < 4.78 is 67.2. The Morgan fingerprint density at radius 3 is 2.36 bits per heavy atom. The first-order chi connectivity index (χ1) is 22.6. The molecule has 0 unspecified atom stereocenters. The molecule has 14 heteroatoms. The number of halogens is 3. The molecule has 1 aromatic heterocycles. The van der Waals surface area contributed by atoms with E-state index in [0.717, 1.165) is 64.6 Å². The number of alkyl halides is 3. The SMILES string of the molecule is CCOC(=O)c1c(Nc2ccc(N3CCNCC3)cc2OC)nc2cc(OC)c(OCCCN3CCN(C)CC3)cc2c1C(F)(F)F. The van der Waals surface area contributed by atoms with Crippen molar-refractivity contribution in [1.29, 1.82) is 0 Å². The Labute approximate surface area is 272 Å². The van der Waals surface area contributed by atoms with Crippen molar-refractivity contribution >= 4 is 34.1 Å². The molecule has 256 valence electrons. The Kier molecular flexibility index (Phi) is 11.1. The van der Waals surface area contributed by atoms with Crippen LogP contribution < -0.4 is 29.7 Å². The van der Waals surface area contributed by atoms with E-state index in [1.54, 1.807) is 12.1 Å². The maximum Gasteiger partial charge on any atom is 0.418 e. The molecule has 0 spiro atoms. The van der Waals surface area contributed by atoms with Crippen LogP contribution >= 0.6 is 0 Å². The largest absolute Gasteiger partial charge is 0.494 e. The van der Waals surface area contributed by atoms with Crippen LogP contribution in [0, 0.1) is 0 Å². The first kappa shape index (κ1) is 34.3. The van der Waals surface area contributed by atoms with Crippen molar-refractivity contribution in [2.75, 3.05) is 104 Å². The average Bonchev–Trinajstić information content (AvgIpc) is 3.06. The van der Waals surface area contributed by atoms with Gasteiger partial charge < -0.3 is 44.3 Å². The van der Waals surface area contributed by atoms with Crippen LogP contribution in [0.15, 0.2) is 30.3 Å². The Hall–Kier alpha value is -4.01. The van der Waals surface area contributed by atoms with Crippen LogP contribution in [0.25, 0.3) is 10.9 Å². The highest BCUT2D eigenvalue weighted by Crippen LogP contribution is 2.44. The van der Waals surface area contributed by atoms with Crippen LogP contribution in [0.5, 0.6) is 17.2 Å². The minimum absolute atomic E-state index is 0.0362. The molecule has 0 aliphatic carbocycles. The van der Waals surface area contributed by atoms with E-state index in [-0.39, 0.29) is 41.4 Å². The summed E-state index contributed by atoms with van der Waals surface area (Å²) >= 11 is 0. The molecule has 2 aromatic carbocycles. The molecule has 0 bridgehead atoms. The average molecular weight is 661 g/mol. The van der Waals surface area contributed by atoms with E-state index in [1.807, 2.05) is 6.07 Å². The second-order valence-corrected chi connectivity index (χ2v) is 11.5. The van der Waals surface area contributed by atoms with Gasteiger partial charge >= 0.3 is 12.1 Å². The molecule has 0 saturated carbocycles. The molecule has 0 radical (unpaired) electrons. The fourth-order valence-corrected chi connectivity index (χ4v) is 5.90. The zero-order valence-electron chi connectivity index (χ0n) is 27.3. The van der Waals surface area contributed by atoms with Gasteiger partial charge in [-0.1, -0.05) is 0 Å². The number of likely N-dealkylation sites (N-methyl/N-ethyl adjacent to an activating group) is 1. The van der Waals surface area contributed by atoms with E-state index in [2.05, 4.69) is 37.4 Å². The molecule has 2 N–H and O–H groups in total. The highest BCUT2D eigenvalue weighted by Gasteiger charge is 2.41. The van der Waals surface area contributed by atoms with Gasteiger partial charge in [-0.2, -0.15) is 13.2 Å². The molecule has 2 saturated heterocycles. The van der Waals surface area contributed by atoms with Crippen molar-refractivity contribution in [2.24, 2.45) is 0 Å². The molecule has 2 fully saturated rings. The summed E-state index contributed by atoms with van der Waals surface area (Å²) in [6.45, 7) is 9.63. The number of anilines is 3. The number of pyridine rings is 1. The summed E-state index contributed by atoms with van der Waals surface area (Å²) in [6.07, 6.45) is -4.26. The summed E-state index contributed by atoms with van der Waals surface area (Å²) in [5.41, 5.74) is -0.700. The second kappa shape index (κ2) is 15.3. The lowest BCUT2D eigenvalue weighted by Crippen LogP contribution is -2.44. The van der Waals surface area contributed by atoms with Gasteiger partial charge in [-0.05, 0) is 38.6 Å². The van der Waals surface area contributed by atoms with Crippen LogP contribution in [-0.2, 0) is 10.9 Å². The van der Waals surface area contributed by atoms with Crippen LogP contribution in [0.1, 0.15) is 29.3 Å². The fraction of sp³-hybridized carbons (Fsp3) is 0.515. The topological polar surface area (TPSA) is 101 Å². The zero-order valence-corrected chi connectivity index (χ0v) is 27.3. The summed E-state index contributed by atoms with van der Waals surface area (Å²) in [7, 11) is 4.98. The monoisotopic (exact) mass is 660 g/mol. The first-order valence-corrected chi connectivity index (χ1v) is 15.9. The molecule has 2 aliphatic rings. The maximum absolute atomic E-state index is 15.0. The van der Waals surface area contributed by atoms with Crippen LogP contribution in [-0.4, -0.2) is 114 Å². The Bertz CT molecular complexity index is 1540. The number of rotatable bonds is 12. The van der Waals surface area contributed by atoms with Gasteiger partial charge in [-0.3, -0.25) is 0 Å². The molecular weight excluding hydrogens is 617 g/mol. The van der Waals surface area contributed by atoms with E-state index in [0.29, 0.717) is 17.9 Å². The molecule has 11 nitrogen and oxygen atoms in total. The van der Waals surface area contributed by atoms with Crippen molar-refractivity contribution in [1.82, 2.24) is 20.1 Å². The number of nitrogens with zero attached hydrogens (tertiary/aromatic N) is 4. The second-order valence-electron chi connectivity index (χ2n) is 11.5. The number of aromatic nitrogens is 1. The summed E-state index contributed by atoms with van der Waals surface area (Å²) in [5.74, 6) is -0.737. The molecule has 0 atom stereocenters. The number of fused-ring (bicyclic) bond motifs is 1. The number of nitrogens with one attached hydrogen (secondary N) is 2. The lowest BCUT2D eigenvalue weighted by atomic mass is 10.0. The third-order valence-electron chi connectivity index (χ3n) is 8.43. The summed E-state index contributed by atoms with van der Waals surface area (Å²) in [4.78, 5) is 24.6. The summed E-state index contributed by atoms with van der Waals surface area (Å²) in [5, 5.41) is 5.95. The minimum Gasteiger partial charge on any atom is -0.494 e. The van der Waals surface area contributed by atoms with E-state index >= 15 is 0 Å². The fourth-order valence-electron chi connectivity index (χ4n) is 5.90. The molecule has 5 rings (SSSR count). The van der Waals surface area contributed by atoms with Crippen molar-refractivity contribution in [3.63, 3.8) is 0 Å². The van der Waals surface area contributed by atoms with E-state index in [4.69, 9.17) is 18.9 Å². The van der Waals surface area contributed by atoms with Gasteiger partial charge in [0.15, 0.2) is 11.5 Å². The Morgan fingerprint density at radius 1 is 0.979 bits per heavy atom. The lowest BCUT2D eigenvalue weighted by Gasteiger charge is -2.32. The normalized spacial score (nSPS) is 16.3. The predicted molar refractivity (Wildman–Crippen MR) is 175 cm³/mol. The third kappa shape index (κ3) is 8.11. The van der Waals surface area contributed by atoms with Gasteiger partial charge in [-0.15, -0.1) is 0 Å². The molecule has 2 aliphatic heterocycles. The van der Waals surface area contributed by atoms with Gasteiger partial charge in [0.25, 0.3) is 0 Å². The predicted octanol–water partition coefficient (Wildman–Crippen LogP) is 4.62. The van der Waals surface area contributed by atoms with Crippen molar-refractivity contribution in [3.05, 3.63) is 41.5 Å². The number of esters is 1. The third-order valence-corrected chi connectivity index (χ3v) is 8.43. The Morgan fingerprint density at radius 2 is 1.70 bits per heavy atom. The van der Waals surface area contributed by atoms with Crippen LogP contribution in [0.2, 0.25) is 0 Å². The van der Waals surface area contributed by atoms with Gasteiger partial charge in [0, 0.05) is 82.1 Å².